The maximum atomic E-state index is 12.9. The van der Waals surface area contributed by atoms with Gasteiger partial charge in [-0.25, -0.2) is 4.98 Å². The van der Waals surface area contributed by atoms with E-state index in [2.05, 4.69) is 10.6 Å². The SMILES string of the molecule is Cc1ccc(NC(=O)Cn2c(CCCNC(=O)c3ccccc3C)nc3ccccc32)cc1C. The normalized spacial score (nSPS) is 10.9. The Labute approximate surface area is 200 Å². The van der Waals surface area contributed by atoms with Gasteiger partial charge in [0.25, 0.3) is 5.91 Å². The summed E-state index contributed by atoms with van der Waals surface area (Å²) in [6.07, 6.45) is 1.37. The quantitative estimate of drug-likeness (QED) is 0.369. The fourth-order valence-corrected chi connectivity index (χ4v) is 4.03. The number of carbonyl (C=O) groups is 2. The Hall–Kier alpha value is -3.93. The first-order valence-corrected chi connectivity index (χ1v) is 11.6. The maximum absolute atomic E-state index is 12.9. The molecule has 4 aromatic rings. The van der Waals surface area contributed by atoms with E-state index >= 15 is 0 Å². The highest BCUT2D eigenvalue weighted by molar-refractivity contribution is 5.95. The molecule has 2 N–H and O–H groups in total. The highest BCUT2D eigenvalue weighted by Gasteiger charge is 2.14. The van der Waals surface area contributed by atoms with Crippen LogP contribution in [0.5, 0.6) is 0 Å². The number of para-hydroxylation sites is 2. The fraction of sp³-hybridized carbons (Fsp3) is 0.250. The van der Waals surface area contributed by atoms with Crippen LogP contribution >= 0.6 is 0 Å². The highest BCUT2D eigenvalue weighted by Crippen LogP contribution is 2.19. The van der Waals surface area contributed by atoms with Crippen LogP contribution in [0.4, 0.5) is 5.69 Å². The van der Waals surface area contributed by atoms with E-state index in [0.29, 0.717) is 18.5 Å². The molecule has 3 aromatic carbocycles. The second-order valence-electron chi connectivity index (χ2n) is 8.62. The molecule has 6 nitrogen and oxygen atoms in total. The number of aromatic nitrogens is 2. The van der Waals surface area contributed by atoms with Crippen molar-refractivity contribution in [2.75, 3.05) is 11.9 Å². The molecule has 0 bridgehead atoms. The van der Waals surface area contributed by atoms with E-state index in [1.807, 2.05) is 92.1 Å². The lowest BCUT2D eigenvalue weighted by atomic mass is 10.1. The summed E-state index contributed by atoms with van der Waals surface area (Å²) in [5.41, 5.74) is 6.55. The molecule has 34 heavy (non-hydrogen) atoms. The van der Waals surface area contributed by atoms with E-state index in [4.69, 9.17) is 4.98 Å². The molecule has 0 unspecified atom stereocenters. The van der Waals surface area contributed by atoms with Crippen LogP contribution in [0.15, 0.2) is 66.7 Å². The summed E-state index contributed by atoms with van der Waals surface area (Å²) in [7, 11) is 0. The van der Waals surface area contributed by atoms with Gasteiger partial charge in [0.15, 0.2) is 0 Å². The number of fused-ring (bicyclic) bond motifs is 1. The number of aryl methyl sites for hydroxylation is 4. The number of nitrogens with one attached hydrogen (secondary N) is 2. The molecule has 0 aliphatic rings. The van der Waals surface area contributed by atoms with Gasteiger partial charge < -0.3 is 15.2 Å². The van der Waals surface area contributed by atoms with Gasteiger partial charge in [-0.3, -0.25) is 9.59 Å². The molecule has 0 spiro atoms. The average molecular weight is 455 g/mol. The Kier molecular flexibility index (Phi) is 7.07. The van der Waals surface area contributed by atoms with Crippen molar-refractivity contribution in [1.29, 1.82) is 0 Å². The Bertz CT molecular complexity index is 1340. The first-order chi connectivity index (χ1) is 16.4. The number of rotatable bonds is 8. The summed E-state index contributed by atoms with van der Waals surface area (Å²) in [5.74, 6) is 0.668. The molecule has 1 aromatic heterocycles. The largest absolute Gasteiger partial charge is 0.352 e. The van der Waals surface area contributed by atoms with Gasteiger partial charge in [0.05, 0.1) is 11.0 Å². The second kappa shape index (κ2) is 10.3. The number of benzene rings is 3. The lowest BCUT2D eigenvalue weighted by Crippen LogP contribution is -2.26. The van der Waals surface area contributed by atoms with Crippen LogP contribution in [-0.4, -0.2) is 27.9 Å². The summed E-state index contributed by atoms with van der Waals surface area (Å²) >= 11 is 0. The number of imidazole rings is 1. The Morgan fingerprint density at radius 1 is 0.882 bits per heavy atom. The van der Waals surface area contributed by atoms with Crippen molar-refractivity contribution in [3.05, 3.63) is 94.8 Å². The predicted octanol–water partition coefficient (Wildman–Crippen LogP) is 4.96. The summed E-state index contributed by atoms with van der Waals surface area (Å²) in [5, 5.41) is 5.99. The predicted molar refractivity (Wildman–Crippen MR) is 136 cm³/mol. The van der Waals surface area contributed by atoms with Crippen LogP contribution in [0.1, 0.15) is 39.3 Å². The van der Waals surface area contributed by atoms with Crippen LogP contribution in [-0.2, 0) is 17.8 Å². The van der Waals surface area contributed by atoms with Crippen molar-refractivity contribution in [3.63, 3.8) is 0 Å². The third-order valence-corrected chi connectivity index (χ3v) is 6.08. The van der Waals surface area contributed by atoms with Gasteiger partial charge in [-0.05, 0) is 74.2 Å². The van der Waals surface area contributed by atoms with Gasteiger partial charge >= 0.3 is 0 Å². The first kappa shape index (κ1) is 23.2. The summed E-state index contributed by atoms with van der Waals surface area (Å²) in [4.78, 5) is 30.1. The molecule has 0 aliphatic carbocycles. The van der Waals surface area contributed by atoms with Gasteiger partial charge in [0.2, 0.25) is 5.91 Å². The number of amides is 2. The zero-order valence-corrected chi connectivity index (χ0v) is 19.9. The lowest BCUT2D eigenvalue weighted by molar-refractivity contribution is -0.116. The first-order valence-electron chi connectivity index (χ1n) is 11.6. The van der Waals surface area contributed by atoms with Crippen LogP contribution in [0, 0.1) is 20.8 Å². The van der Waals surface area contributed by atoms with Gasteiger partial charge in [0.1, 0.15) is 12.4 Å². The highest BCUT2D eigenvalue weighted by atomic mass is 16.2. The molecule has 0 radical (unpaired) electrons. The van der Waals surface area contributed by atoms with Gasteiger partial charge in [-0.1, -0.05) is 36.4 Å². The summed E-state index contributed by atoms with van der Waals surface area (Å²) < 4.78 is 1.97. The zero-order valence-electron chi connectivity index (χ0n) is 19.9. The van der Waals surface area contributed by atoms with Gasteiger partial charge in [-0.2, -0.15) is 0 Å². The molecule has 6 heteroatoms. The van der Waals surface area contributed by atoms with E-state index in [0.717, 1.165) is 40.1 Å². The van der Waals surface area contributed by atoms with E-state index in [-0.39, 0.29) is 18.4 Å². The molecule has 0 fully saturated rings. The smallest absolute Gasteiger partial charge is 0.251 e. The Morgan fingerprint density at radius 3 is 2.44 bits per heavy atom. The van der Waals surface area contributed by atoms with Crippen LogP contribution in [0.3, 0.4) is 0 Å². The van der Waals surface area contributed by atoms with Gasteiger partial charge in [-0.15, -0.1) is 0 Å². The molecule has 0 aliphatic heterocycles. The van der Waals surface area contributed by atoms with Crippen molar-refractivity contribution in [1.82, 2.24) is 14.9 Å². The summed E-state index contributed by atoms with van der Waals surface area (Å²) in [6, 6.07) is 21.3. The molecule has 4 rings (SSSR count). The van der Waals surface area contributed by atoms with Crippen molar-refractivity contribution in [2.45, 2.75) is 40.2 Å². The van der Waals surface area contributed by atoms with Crippen molar-refractivity contribution < 1.29 is 9.59 Å². The molecule has 2 amide bonds. The topological polar surface area (TPSA) is 76.0 Å². The fourth-order valence-electron chi connectivity index (χ4n) is 4.03. The van der Waals surface area contributed by atoms with Crippen molar-refractivity contribution in [2.24, 2.45) is 0 Å². The van der Waals surface area contributed by atoms with Crippen LogP contribution < -0.4 is 10.6 Å². The Balaban J connectivity index is 1.42. The third kappa shape index (κ3) is 5.34. The molecular formula is C28H30N4O2. The standard InChI is InChI=1S/C28H30N4O2/c1-19-14-15-22(17-21(19)3)30-27(33)18-32-25-12-7-6-11-24(25)31-26(32)13-8-16-29-28(34)23-10-5-4-9-20(23)2/h4-7,9-12,14-15,17H,8,13,16,18H2,1-3H3,(H,29,34)(H,30,33). The zero-order chi connectivity index (χ0) is 24.1. The number of anilines is 1. The lowest BCUT2D eigenvalue weighted by Gasteiger charge is -2.12. The van der Waals surface area contributed by atoms with Gasteiger partial charge in [0, 0.05) is 24.2 Å². The van der Waals surface area contributed by atoms with E-state index in [1.165, 1.54) is 5.56 Å². The second-order valence-corrected chi connectivity index (χ2v) is 8.62. The number of hydrogen-bond acceptors (Lipinski definition) is 3. The monoisotopic (exact) mass is 454 g/mol. The molecule has 0 saturated carbocycles. The maximum Gasteiger partial charge on any atom is 0.251 e. The van der Waals surface area contributed by atoms with Crippen LogP contribution in [0.25, 0.3) is 11.0 Å². The average Bonchev–Trinajstić information content (AvgIpc) is 3.16. The minimum Gasteiger partial charge on any atom is -0.352 e. The molecular weight excluding hydrogens is 424 g/mol. The molecule has 0 saturated heterocycles. The summed E-state index contributed by atoms with van der Waals surface area (Å²) in [6.45, 7) is 6.72. The minimum atomic E-state index is -0.0967. The van der Waals surface area contributed by atoms with E-state index < -0.39 is 0 Å². The third-order valence-electron chi connectivity index (χ3n) is 6.08. The van der Waals surface area contributed by atoms with E-state index in [9.17, 15) is 9.59 Å². The number of hydrogen-bond donors (Lipinski definition) is 2. The number of carbonyl (C=O) groups excluding carboxylic acids is 2. The van der Waals surface area contributed by atoms with Crippen LogP contribution in [0.2, 0.25) is 0 Å². The minimum absolute atomic E-state index is 0.0700. The molecule has 1 heterocycles. The van der Waals surface area contributed by atoms with Crippen molar-refractivity contribution in [3.8, 4) is 0 Å². The molecule has 0 atom stereocenters. The van der Waals surface area contributed by atoms with E-state index in [1.54, 1.807) is 0 Å². The molecule has 174 valence electrons. The van der Waals surface area contributed by atoms with Crippen molar-refractivity contribution >= 4 is 28.5 Å². The Morgan fingerprint density at radius 2 is 1.65 bits per heavy atom. The number of nitrogens with zero attached hydrogens (tertiary/aromatic N) is 2.